The Labute approximate surface area is 144 Å². The lowest BCUT2D eigenvalue weighted by atomic mass is 9.92. The molecule has 0 aromatic heterocycles. The third kappa shape index (κ3) is 2.61. The Morgan fingerprint density at radius 2 is 1.83 bits per heavy atom. The van der Waals surface area contributed by atoms with Crippen molar-refractivity contribution in [3.8, 4) is 6.07 Å². The number of nitrogens with zero attached hydrogens (tertiary/aromatic N) is 2. The van der Waals surface area contributed by atoms with Crippen LogP contribution in [0.3, 0.4) is 0 Å². The van der Waals surface area contributed by atoms with Crippen molar-refractivity contribution in [3.63, 3.8) is 0 Å². The van der Waals surface area contributed by atoms with E-state index in [1.807, 2.05) is 0 Å². The van der Waals surface area contributed by atoms with Gasteiger partial charge in [0.1, 0.15) is 5.54 Å². The highest BCUT2D eigenvalue weighted by atomic mass is 35.5. The van der Waals surface area contributed by atoms with Gasteiger partial charge in [0.05, 0.1) is 18.2 Å². The zero-order valence-electron chi connectivity index (χ0n) is 12.9. The number of nitriles is 1. The fourth-order valence-corrected chi connectivity index (χ4v) is 2.88. The van der Waals surface area contributed by atoms with Gasteiger partial charge < -0.3 is 5.32 Å². The fourth-order valence-electron chi connectivity index (χ4n) is 2.76. The summed E-state index contributed by atoms with van der Waals surface area (Å²) in [7, 11) is 0. The van der Waals surface area contributed by atoms with Gasteiger partial charge in [-0.15, -0.1) is 0 Å². The van der Waals surface area contributed by atoms with Gasteiger partial charge in [-0.3, -0.25) is 9.69 Å². The zero-order chi connectivity index (χ0) is 17.3. The first-order valence-corrected chi connectivity index (χ1v) is 7.71. The number of hydrogen-bond donors (Lipinski definition) is 1. The summed E-state index contributed by atoms with van der Waals surface area (Å²) in [6.45, 7) is 1.71. The Morgan fingerprint density at radius 1 is 1.17 bits per heavy atom. The number of nitrogens with one attached hydrogen (secondary N) is 1. The lowest BCUT2D eigenvalue weighted by molar-refractivity contribution is -0.131. The molecule has 5 nitrogen and oxygen atoms in total. The number of carbonyl (C=O) groups excluding carboxylic acids is 2. The summed E-state index contributed by atoms with van der Waals surface area (Å²) < 4.78 is 0. The molecule has 1 heterocycles. The van der Waals surface area contributed by atoms with E-state index in [0.717, 1.165) is 4.90 Å². The Kier molecular flexibility index (Phi) is 4.00. The van der Waals surface area contributed by atoms with Crippen LogP contribution < -0.4 is 5.32 Å². The van der Waals surface area contributed by atoms with Crippen molar-refractivity contribution < 1.29 is 9.59 Å². The molecule has 1 aliphatic rings. The highest BCUT2D eigenvalue weighted by Gasteiger charge is 2.48. The molecule has 3 amide bonds. The zero-order valence-corrected chi connectivity index (χ0v) is 13.7. The SMILES string of the molecule is CC1(c2ccc(Cl)cc2)NC(=O)N(Cc2ccccc2C#N)C1=O. The Hall–Kier alpha value is -2.84. The third-order valence-electron chi connectivity index (χ3n) is 4.16. The molecule has 1 atom stereocenters. The summed E-state index contributed by atoms with van der Waals surface area (Å²) in [4.78, 5) is 26.3. The molecule has 1 unspecified atom stereocenters. The maximum absolute atomic E-state index is 12.9. The minimum absolute atomic E-state index is 0.0532. The third-order valence-corrected chi connectivity index (χ3v) is 4.41. The van der Waals surface area contributed by atoms with Gasteiger partial charge in [0.15, 0.2) is 0 Å². The van der Waals surface area contributed by atoms with Crippen LogP contribution in [0.1, 0.15) is 23.6 Å². The quantitative estimate of drug-likeness (QED) is 0.873. The smallest absolute Gasteiger partial charge is 0.319 e. The second-order valence-electron chi connectivity index (χ2n) is 5.72. The number of rotatable bonds is 3. The van der Waals surface area contributed by atoms with E-state index < -0.39 is 11.6 Å². The molecule has 0 spiro atoms. The van der Waals surface area contributed by atoms with Crippen LogP contribution in [0.2, 0.25) is 5.02 Å². The van der Waals surface area contributed by atoms with Crippen LogP contribution in [0.25, 0.3) is 0 Å². The Morgan fingerprint density at radius 3 is 2.50 bits per heavy atom. The summed E-state index contributed by atoms with van der Waals surface area (Å²) in [6, 6.07) is 15.3. The maximum atomic E-state index is 12.9. The maximum Gasteiger partial charge on any atom is 0.325 e. The molecule has 2 aromatic carbocycles. The molecule has 2 aromatic rings. The van der Waals surface area contributed by atoms with Crippen LogP contribution in [0.5, 0.6) is 0 Å². The van der Waals surface area contributed by atoms with E-state index in [1.165, 1.54) is 0 Å². The van der Waals surface area contributed by atoms with E-state index in [1.54, 1.807) is 55.5 Å². The summed E-state index contributed by atoms with van der Waals surface area (Å²) in [6.07, 6.45) is 0. The standard InChI is InChI=1S/C18H14ClN3O2/c1-18(14-6-8-15(19)9-7-14)16(23)22(17(24)21-18)11-13-5-3-2-4-12(13)10-20/h2-9H,11H2,1H3,(H,21,24). The summed E-state index contributed by atoms with van der Waals surface area (Å²) in [5.74, 6) is -0.359. The van der Waals surface area contributed by atoms with Crippen LogP contribution in [-0.2, 0) is 16.9 Å². The van der Waals surface area contributed by atoms with Crippen molar-refractivity contribution >= 4 is 23.5 Å². The van der Waals surface area contributed by atoms with Crippen molar-refractivity contribution in [1.82, 2.24) is 10.2 Å². The van der Waals surface area contributed by atoms with Crippen molar-refractivity contribution in [3.05, 3.63) is 70.2 Å². The lowest BCUT2D eigenvalue weighted by Crippen LogP contribution is -2.40. The van der Waals surface area contributed by atoms with Crippen LogP contribution in [0, 0.1) is 11.3 Å². The molecule has 0 saturated carbocycles. The van der Waals surface area contributed by atoms with Gasteiger partial charge in [-0.05, 0) is 36.2 Å². The second kappa shape index (κ2) is 5.99. The predicted molar refractivity (Wildman–Crippen MR) is 89.0 cm³/mol. The number of hydrogen-bond acceptors (Lipinski definition) is 3. The van der Waals surface area contributed by atoms with E-state index in [4.69, 9.17) is 16.9 Å². The summed E-state index contributed by atoms with van der Waals surface area (Å²) in [5.41, 5.74) is 0.576. The first-order chi connectivity index (χ1) is 11.5. The number of carbonyl (C=O) groups is 2. The fraction of sp³-hybridized carbons (Fsp3) is 0.167. The van der Waals surface area contributed by atoms with Gasteiger partial charge in [-0.1, -0.05) is 41.9 Å². The molecule has 1 fully saturated rings. The predicted octanol–water partition coefficient (Wildman–Crippen LogP) is 3.18. The molecule has 1 saturated heterocycles. The minimum Gasteiger partial charge on any atom is -0.319 e. The van der Waals surface area contributed by atoms with Crippen LogP contribution in [0.15, 0.2) is 48.5 Å². The van der Waals surface area contributed by atoms with E-state index in [-0.39, 0.29) is 12.5 Å². The van der Waals surface area contributed by atoms with Gasteiger partial charge in [0.2, 0.25) is 0 Å². The Bertz CT molecular complexity index is 857. The molecule has 0 aliphatic carbocycles. The van der Waals surface area contributed by atoms with Crippen molar-refractivity contribution in [1.29, 1.82) is 5.26 Å². The van der Waals surface area contributed by atoms with Crippen LogP contribution >= 0.6 is 11.6 Å². The molecule has 1 N–H and O–H groups in total. The van der Waals surface area contributed by atoms with Crippen LogP contribution in [-0.4, -0.2) is 16.8 Å². The molecule has 1 aliphatic heterocycles. The Balaban J connectivity index is 1.92. The molecule has 3 rings (SSSR count). The van der Waals surface area contributed by atoms with Gasteiger partial charge in [0.25, 0.3) is 5.91 Å². The minimum atomic E-state index is -1.15. The van der Waals surface area contributed by atoms with Crippen molar-refractivity contribution in [2.45, 2.75) is 19.0 Å². The number of amides is 3. The second-order valence-corrected chi connectivity index (χ2v) is 6.16. The highest BCUT2D eigenvalue weighted by molar-refractivity contribution is 6.30. The van der Waals surface area contributed by atoms with E-state index in [2.05, 4.69) is 11.4 Å². The van der Waals surface area contributed by atoms with Crippen LogP contribution in [0.4, 0.5) is 4.79 Å². The van der Waals surface area contributed by atoms with E-state index in [9.17, 15) is 9.59 Å². The number of benzene rings is 2. The lowest BCUT2D eigenvalue weighted by Gasteiger charge is -2.22. The van der Waals surface area contributed by atoms with E-state index in [0.29, 0.717) is 21.7 Å². The van der Waals surface area contributed by atoms with Gasteiger partial charge in [-0.25, -0.2) is 4.79 Å². The summed E-state index contributed by atoms with van der Waals surface area (Å²) in [5, 5.41) is 12.5. The molecule has 120 valence electrons. The number of imide groups is 1. The van der Waals surface area contributed by atoms with E-state index >= 15 is 0 Å². The largest absolute Gasteiger partial charge is 0.325 e. The van der Waals surface area contributed by atoms with Gasteiger partial charge in [-0.2, -0.15) is 5.26 Å². The monoisotopic (exact) mass is 339 g/mol. The normalized spacial score (nSPS) is 20.0. The molecular formula is C18H14ClN3O2. The first-order valence-electron chi connectivity index (χ1n) is 7.34. The molecular weight excluding hydrogens is 326 g/mol. The first kappa shape index (κ1) is 16.0. The van der Waals surface area contributed by atoms with Gasteiger partial charge in [0, 0.05) is 5.02 Å². The van der Waals surface area contributed by atoms with Gasteiger partial charge >= 0.3 is 6.03 Å². The average Bonchev–Trinajstić information content (AvgIpc) is 2.80. The highest BCUT2D eigenvalue weighted by Crippen LogP contribution is 2.30. The molecule has 0 radical (unpaired) electrons. The molecule has 24 heavy (non-hydrogen) atoms. The summed E-state index contributed by atoms with van der Waals surface area (Å²) >= 11 is 5.88. The van der Waals surface area contributed by atoms with Crippen molar-refractivity contribution in [2.75, 3.05) is 0 Å². The molecule has 6 heteroatoms. The molecule has 0 bridgehead atoms. The average molecular weight is 340 g/mol. The number of halogens is 1. The topological polar surface area (TPSA) is 73.2 Å². The van der Waals surface area contributed by atoms with Crippen molar-refractivity contribution in [2.24, 2.45) is 0 Å². The number of urea groups is 1.